The van der Waals surface area contributed by atoms with E-state index in [4.69, 9.17) is 9.15 Å². The molecule has 6 nitrogen and oxygen atoms in total. The van der Waals surface area contributed by atoms with Crippen molar-refractivity contribution in [3.63, 3.8) is 0 Å². The molecule has 1 aromatic heterocycles. The van der Waals surface area contributed by atoms with Crippen LogP contribution in [0.15, 0.2) is 46.9 Å². The van der Waals surface area contributed by atoms with E-state index in [1.165, 1.54) is 0 Å². The second-order valence-electron chi connectivity index (χ2n) is 6.18. The molecule has 1 heterocycles. The minimum absolute atomic E-state index is 0.139. The van der Waals surface area contributed by atoms with Crippen LogP contribution in [-0.2, 0) is 9.59 Å². The van der Waals surface area contributed by atoms with Gasteiger partial charge in [0.25, 0.3) is 5.91 Å². The number of para-hydroxylation sites is 1. The molecule has 0 bridgehead atoms. The number of furan rings is 1. The molecule has 2 amide bonds. The lowest BCUT2D eigenvalue weighted by molar-refractivity contribution is -0.130. The van der Waals surface area contributed by atoms with E-state index in [9.17, 15) is 9.59 Å². The molecule has 0 aliphatic heterocycles. The molecule has 0 fully saturated rings. The Kier molecular flexibility index (Phi) is 8.26. The molecule has 0 saturated heterocycles. The van der Waals surface area contributed by atoms with Gasteiger partial charge in [0.1, 0.15) is 23.3 Å². The number of hydrogen-bond donors (Lipinski definition) is 2. The molecule has 0 radical (unpaired) electrons. The highest BCUT2D eigenvalue weighted by Gasteiger charge is 2.23. The number of thioether (sulfide) groups is 1. The van der Waals surface area contributed by atoms with Crippen molar-refractivity contribution in [2.45, 2.75) is 32.4 Å². The van der Waals surface area contributed by atoms with Crippen molar-refractivity contribution < 1.29 is 18.7 Å². The van der Waals surface area contributed by atoms with Crippen molar-refractivity contribution >= 4 is 23.6 Å². The largest absolute Gasteiger partial charge is 0.484 e. The Balaban J connectivity index is 1.90. The molecule has 0 aliphatic rings. The Bertz CT molecular complexity index is 733. The van der Waals surface area contributed by atoms with E-state index >= 15 is 0 Å². The third-order valence-corrected chi connectivity index (χ3v) is 4.57. The average Bonchev–Trinajstić information content (AvgIpc) is 3.10. The van der Waals surface area contributed by atoms with Gasteiger partial charge in [0.2, 0.25) is 5.91 Å². The Morgan fingerprint density at radius 3 is 2.52 bits per heavy atom. The third kappa shape index (κ3) is 7.02. The first-order valence-corrected chi connectivity index (χ1v) is 10.2. The molecule has 2 atom stereocenters. The van der Waals surface area contributed by atoms with Gasteiger partial charge in [0.05, 0.1) is 6.04 Å². The molecule has 0 spiro atoms. The van der Waals surface area contributed by atoms with E-state index in [1.807, 2.05) is 50.4 Å². The summed E-state index contributed by atoms with van der Waals surface area (Å²) >= 11 is 1.62. The predicted molar refractivity (Wildman–Crippen MR) is 107 cm³/mol. The Morgan fingerprint density at radius 1 is 1.15 bits per heavy atom. The van der Waals surface area contributed by atoms with Crippen LogP contribution in [0.25, 0.3) is 0 Å². The van der Waals surface area contributed by atoms with Gasteiger partial charge in [0.15, 0.2) is 6.61 Å². The fourth-order valence-corrected chi connectivity index (χ4v) is 2.95. The van der Waals surface area contributed by atoms with Crippen molar-refractivity contribution in [1.82, 2.24) is 10.6 Å². The zero-order chi connectivity index (χ0) is 19.6. The van der Waals surface area contributed by atoms with Crippen molar-refractivity contribution in [2.75, 3.05) is 18.6 Å². The molecule has 0 saturated carbocycles. The van der Waals surface area contributed by atoms with Gasteiger partial charge in [-0.15, -0.1) is 0 Å². The van der Waals surface area contributed by atoms with E-state index in [1.54, 1.807) is 23.9 Å². The second-order valence-corrected chi connectivity index (χ2v) is 7.17. The first-order chi connectivity index (χ1) is 13.0. The van der Waals surface area contributed by atoms with Crippen LogP contribution in [0.5, 0.6) is 5.75 Å². The van der Waals surface area contributed by atoms with Crippen LogP contribution < -0.4 is 15.4 Å². The summed E-state index contributed by atoms with van der Waals surface area (Å²) in [6.07, 6.45) is 2.50. The predicted octanol–water partition coefficient (Wildman–Crippen LogP) is 3.08. The van der Waals surface area contributed by atoms with Crippen molar-refractivity contribution in [1.29, 1.82) is 0 Å². The van der Waals surface area contributed by atoms with Gasteiger partial charge in [-0.25, -0.2) is 0 Å². The molecule has 146 valence electrons. The average molecular weight is 391 g/mol. The summed E-state index contributed by atoms with van der Waals surface area (Å²) in [5.74, 6) is 2.27. The maximum absolute atomic E-state index is 12.6. The van der Waals surface area contributed by atoms with Gasteiger partial charge < -0.3 is 19.8 Å². The van der Waals surface area contributed by atoms with E-state index in [0.717, 1.165) is 11.5 Å². The topological polar surface area (TPSA) is 80.6 Å². The summed E-state index contributed by atoms with van der Waals surface area (Å²) in [7, 11) is 0. The number of amides is 2. The van der Waals surface area contributed by atoms with Crippen LogP contribution in [-0.4, -0.2) is 36.5 Å². The highest BCUT2D eigenvalue weighted by molar-refractivity contribution is 7.98. The second kappa shape index (κ2) is 10.7. The molecular formula is C20H26N2O4S. The van der Waals surface area contributed by atoms with Gasteiger partial charge >= 0.3 is 0 Å². The number of aryl methyl sites for hydroxylation is 1. The fraction of sp³-hybridized carbons (Fsp3) is 0.400. The third-order valence-electron chi connectivity index (χ3n) is 3.92. The summed E-state index contributed by atoms with van der Waals surface area (Å²) in [6, 6.07) is 11.9. The molecule has 2 N–H and O–H groups in total. The molecule has 0 aliphatic carbocycles. The molecular weight excluding hydrogens is 364 g/mol. The summed E-state index contributed by atoms with van der Waals surface area (Å²) in [6.45, 7) is 3.56. The van der Waals surface area contributed by atoms with Gasteiger partial charge in [-0.3, -0.25) is 9.59 Å². The first kappa shape index (κ1) is 20.9. The fourth-order valence-electron chi connectivity index (χ4n) is 2.48. The van der Waals surface area contributed by atoms with Crippen LogP contribution in [0, 0.1) is 6.92 Å². The van der Waals surface area contributed by atoms with Crippen LogP contribution in [0.3, 0.4) is 0 Å². The quantitative estimate of drug-likeness (QED) is 0.652. The summed E-state index contributed by atoms with van der Waals surface area (Å²) in [4.78, 5) is 24.8. The van der Waals surface area contributed by atoms with Gasteiger partial charge in [-0.1, -0.05) is 18.2 Å². The van der Waals surface area contributed by atoms with Crippen LogP contribution >= 0.6 is 11.8 Å². The zero-order valence-corrected chi connectivity index (χ0v) is 16.7. The first-order valence-electron chi connectivity index (χ1n) is 8.82. The van der Waals surface area contributed by atoms with E-state index < -0.39 is 6.04 Å². The monoisotopic (exact) mass is 390 g/mol. The van der Waals surface area contributed by atoms with Crippen molar-refractivity contribution in [3.8, 4) is 5.75 Å². The molecule has 27 heavy (non-hydrogen) atoms. The van der Waals surface area contributed by atoms with E-state index in [2.05, 4.69) is 10.6 Å². The number of hydrogen-bond acceptors (Lipinski definition) is 5. The number of ether oxygens (including phenoxy) is 1. The lowest BCUT2D eigenvalue weighted by Crippen LogP contribution is -2.48. The summed E-state index contributed by atoms with van der Waals surface area (Å²) in [5.41, 5.74) is 0. The Hall–Kier alpha value is -2.41. The van der Waals surface area contributed by atoms with Crippen LogP contribution in [0.1, 0.15) is 30.9 Å². The van der Waals surface area contributed by atoms with Crippen LogP contribution in [0.2, 0.25) is 0 Å². The van der Waals surface area contributed by atoms with Gasteiger partial charge in [0, 0.05) is 0 Å². The van der Waals surface area contributed by atoms with Gasteiger partial charge in [-0.05, 0) is 56.5 Å². The van der Waals surface area contributed by atoms with E-state index in [0.29, 0.717) is 17.9 Å². The number of carbonyl (C=O) groups excluding carboxylic acids is 2. The lowest BCUT2D eigenvalue weighted by atomic mass is 10.1. The van der Waals surface area contributed by atoms with Crippen LogP contribution in [0.4, 0.5) is 0 Å². The SMILES string of the molecule is CSCCC(NC(=O)COc1ccccc1)C(=O)NC(C)c1ccc(C)o1. The Labute approximate surface area is 164 Å². The molecule has 7 heteroatoms. The van der Waals surface area contributed by atoms with Gasteiger partial charge in [-0.2, -0.15) is 11.8 Å². The van der Waals surface area contributed by atoms with Crippen molar-refractivity contribution in [2.24, 2.45) is 0 Å². The molecule has 2 aromatic rings. The number of benzene rings is 1. The zero-order valence-electron chi connectivity index (χ0n) is 15.9. The highest BCUT2D eigenvalue weighted by Crippen LogP contribution is 2.16. The molecule has 1 aromatic carbocycles. The standard InChI is InChI=1S/C20H26N2O4S/c1-14-9-10-18(26-14)15(2)21-20(24)17(11-12-27-3)22-19(23)13-25-16-7-5-4-6-8-16/h4-10,15,17H,11-13H2,1-3H3,(H,21,24)(H,22,23). The minimum atomic E-state index is -0.622. The summed E-state index contributed by atoms with van der Waals surface area (Å²) < 4.78 is 11.0. The smallest absolute Gasteiger partial charge is 0.258 e. The minimum Gasteiger partial charge on any atom is -0.484 e. The maximum Gasteiger partial charge on any atom is 0.258 e. The van der Waals surface area contributed by atoms with E-state index in [-0.39, 0.29) is 24.5 Å². The summed E-state index contributed by atoms with van der Waals surface area (Å²) in [5, 5.41) is 5.66. The maximum atomic E-state index is 12.6. The Morgan fingerprint density at radius 2 is 1.89 bits per heavy atom. The number of carbonyl (C=O) groups is 2. The molecule has 2 rings (SSSR count). The van der Waals surface area contributed by atoms with Crippen molar-refractivity contribution in [3.05, 3.63) is 54.0 Å². The number of nitrogens with one attached hydrogen (secondary N) is 2. The molecule has 2 unspecified atom stereocenters. The number of rotatable bonds is 10. The highest BCUT2D eigenvalue weighted by atomic mass is 32.2. The normalized spacial score (nSPS) is 12.9. The lowest BCUT2D eigenvalue weighted by Gasteiger charge is -2.20.